The predicted molar refractivity (Wildman–Crippen MR) is 125 cm³/mol. The number of benzene rings is 2. The highest BCUT2D eigenvalue weighted by molar-refractivity contribution is 6.31. The van der Waals surface area contributed by atoms with Crippen LogP contribution in [0.1, 0.15) is 31.2 Å². The standard InChI is InChI=1S/C25H25ClN4/c26-18-5-10-22-24(15-18)29-14-12-25(22)30(20-8-6-19(27)7-9-20)16-17-11-13-28-23-4-2-1-3-21(17)23/h1-5,10-15,19-20H,6-9,16,27H2. The molecule has 0 saturated heterocycles. The fraction of sp³-hybridized carbons (Fsp3) is 0.280. The zero-order chi connectivity index (χ0) is 20.5. The minimum atomic E-state index is 0.317. The number of pyridine rings is 2. The summed E-state index contributed by atoms with van der Waals surface area (Å²) in [5, 5.41) is 3.05. The molecule has 2 aromatic carbocycles. The molecule has 4 nitrogen and oxygen atoms in total. The monoisotopic (exact) mass is 416 g/mol. The summed E-state index contributed by atoms with van der Waals surface area (Å²) in [6.45, 7) is 0.824. The van der Waals surface area contributed by atoms with E-state index in [2.05, 4.69) is 51.3 Å². The maximum absolute atomic E-state index is 6.24. The lowest BCUT2D eigenvalue weighted by Crippen LogP contribution is -2.40. The Labute approximate surface area is 181 Å². The van der Waals surface area contributed by atoms with Crippen molar-refractivity contribution in [2.24, 2.45) is 5.73 Å². The molecule has 0 spiro atoms. The highest BCUT2D eigenvalue weighted by atomic mass is 35.5. The zero-order valence-electron chi connectivity index (χ0n) is 16.8. The van der Waals surface area contributed by atoms with Crippen LogP contribution >= 0.6 is 11.6 Å². The molecule has 2 heterocycles. The Balaban J connectivity index is 1.61. The van der Waals surface area contributed by atoms with Crippen LogP contribution in [-0.2, 0) is 6.54 Å². The molecule has 2 aromatic heterocycles. The van der Waals surface area contributed by atoms with Crippen molar-refractivity contribution in [2.75, 3.05) is 4.90 Å². The first kappa shape index (κ1) is 19.3. The average Bonchev–Trinajstić information content (AvgIpc) is 2.78. The van der Waals surface area contributed by atoms with Gasteiger partial charge in [0.15, 0.2) is 0 Å². The SMILES string of the molecule is NC1CCC(N(Cc2ccnc3ccccc23)c2ccnc3cc(Cl)ccc23)CC1. The van der Waals surface area contributed by atoms with Crippen molar-refractivity contribution >= 4 is 39.1 Å². The molecule has 4 aromatic rings. The van der Waals surface area contributed by atoms with Gasteiger partial charge >= 0.3 is 0 Å². The molecule has 0 atom stereocenters. The molecular formula is C25H25ClN4. The van der Waals surface area contributed by atoms with Crippen LogP contribution in [0.15, 0.2) is 67.0 Å². The van der Waals surface area contributed by atoms with Crippen molar-refractivity contribution in [3.63, 3.8) is 0 Å². The normalized spacial score (nSPS) is 19.3. The first-order valence-corrected chi connectivity index (χ1v) is 11.0. The van der Waals surface area contributed by atoms with Gasteiger partial charge in [0, 0.05) is 52.5 Å². The summed E-state index contributed by atoms with van der Waals surface area (Å²) in [5.41, 5.74) is 10.7. The Hall–Kier alpha value is -2.69. The van der Waals surface area contributed by atoms with Crippen molar-refractivity contribution in [3.05, 3.63) is 77.6 Å². The third-order valence-corrected chi connectivity index (χ3v) is 6.49. The average molecular weight is 417 g/mol. The molecule has 1 fully saturated rings. The van der Waals surface area contributed by atoms with Gasteiger partial charge in [-0.15, -0.1) is 0 Å². The van der Waals surface area contributed by atoms with Crippen molar-refractivity contribution in [2.45, 2.75) is 44.3 Å². The van der Waals surface area contributed by atoms with E-state index in [1.54, 1.807) is 0 Å². The smallest absolute Gasteiger partial charge is 0.0737 e. The number of fused-ring (bicyclic) bond motifs is 2. The van der Waals surface area contributed by atoms with Gasteiger partial charge in [-0.25, -0.2) is 0 Å². The van der Waals surface area contributed by atoms with Crippen molar-refractivity contribution in [3.8, 4) is 0 Å². The molecule has 0 unspecified atom stereocenters. The van der Waals surface area contributed by atoms with Crippen LogP contribution in [0.25, 0.3) is 21.8 Å². The second-order valence-electron chi connectivity index (χ2n) is 8.18. The molecule has 0 amide bonds. The van der Waals surface area contributed by atoms with Gasteiger partial charge in [0.2, 0.25) is 0 Å². The minimum Gasteiger partial charge on any atom is -0.364 e. The number of nitrogens with two attached hydrogens (primary N) is 1. The van der Waals surface area contributed by atoms with Gasteiger partial charge in [0.05, 0.1) is 11.0 Å². The third kappa shape index (κ3) is 3.73. The molecule has 30 heavy (non-hydrogen) atoms. The number of rotatable bonds is 4. The van der Waals surface area contributed by atoms with Crippen LogP contribution in [0.2, 0.25) is 5.02 Å². The molecule has 5 rings (SSSR count). The van der Waals surface area contributed by atoms with Crippen LogP contribution in [0.4, 0.5) is 5.69 Å². The Bertz CT molecular complexity index is 1180. The molecule has 0 bridgehead atoms. The van der Waals surface area contributed by atoms with E-state index < -0.39 is 0 Å². The third-order valence-electron chi connectivity index (χ3n) is 6.25. The van der Waals surface area contributed by atoms with Crippen LogP contribution in [0, 0.1) is 0 Å². The number of aromatic nitrogens is 2. The van der Waals surface area contributed by atoms with E-state index in [0.29, 0.717) is 17.1 Å². The van der Waals surface area contributed by atoms with E-state index >= 15 is 0 Å². The van der Waals surface area contributed by atoms with E-state index in [1.165, 1.54) is 16.6 Å². The van der Waals surface area contributed by atoms with Gasteiger partial charge < -0.3 is 10.6 Å². The summed E-state index contributed by atoms with van der Waals surface area (Å²) >= 11 is 6.24. The quantitative estimate of drug-likeness (QED) is 0.462. The van der Waals surface area contributed by atoms with E-state index in [0.717, 1.165) is 48.6 Å². The van der Waals surface area contributed by atoms with Crippen molar-refractivity contribution in [1.82, 2.24) is 9.97 Å². The molecular weight excluding hydrogens is 392 g/mol. The van der Waals surface area contributed by atoms with Crippen molar-refractivity contribution < 1.29 is 0 Å². The fourth-order valence-corrected chi connectivity index (χ4v) is 4.82. The fourth-order valence-electron chi connectivity index (χ4n) is 4.66. The summed E-state index contributed by atoms with van der Waals surface area (Å²) < 4.78 is 0. The van der Waals surface area contributed by atoms with E-state index in [4.69, 9.17) is 17.3 Å². The molecule has 0 radical (unpaired) electrons. The number of para-hydroxylation sites is 1. The van der Waals surface area contributed by atoms with Gasteiger partial charge in [0.25, 0.3) is 0 Å². The maximum atomic E-state index is 6.24. The van der Waals surface area contributed by atoms with Gasteiger partial charge in [-0.3, -0.25) is 9.97 Å². The summed E-state index contributed by atoms with van der Waals surface area (Å²) in [4.78, 5) is 11.6. The summed E-state index contributed by atoms with van der Waals surface area (Å²) in [6.07, 6.45) is 8.13. The van der Waals surface area contributed by atoms with Gasteiger partial charge in [-0.05, 0) is 67.6 Å². The van der Waals surface area contributed by atoms with Gasteiger partial charge in [0.1, 0.15) is 0 Å². The Kier molecular flexibility index (Phi) is 5.28. The number of hydrogen-bond donors (Lipinski definition) is 1. The van der Waals surface area contributed by atoms with Gasteiger partial charge in [-0.1, -0.05) is 29.8 Å². The second kappa shape index (κ2) is 8.21. The van der Waals surface area contributed by atoms with Crippen LogP contribution in [0.3, 0.4) is 0 Å². The largest absolute Gasteiger partial charge is 0.364 e. The maximum Gasteiger partial charge on any atom is 0.0737 e. The van der Waals surface area contributed by atoms with Crippen LogP contribution in [-0.4, -0.2) is 22.1 Å². The lowest BCUT2D eigenvalue weighted by atomic mass is 9.89. The highest BCUT2D eigenvalue weighted by Gasteiger charge is 2.26. The molecule has 2 N–H and O–H groups in total. The molecule has 1 aliphatic carbocycles. The number of halogens is 1. The minimum absolute atomic E-state index is 0.317. The Morgan fingerprint density at radius 3 is 2.50 bits per heavy atom. The molecule has 1 aliphatic rings. The van der Waals surface area contributed by atoms with E-state index in [1.807, 2.05) is 30.6 Å². The number of nitrogens with zero attached hydrogens (tertiary/aromatic N) is 3. The summed E-state index contributed by atoms with van der Waals surface area (Å²) in [5.74, 6) is 0. The van der Waals surface area contributed by atoms with Crippen molar-refractivity contribution in [1.29, 1.82) is 0 Å². The summed E-state index contributed by atoms with van der Waals surface area (Å²) in [6, 6.07) is 19.4. The lowest BCUT2D eigenvalue weighted by Gasteiger charge is -2.38. The Morgan fingerprint density at radius 1 is 0.867 bits per heavy atom. The van der Waals surface area contributed by atoms with Crippen LogP contribution in [0.5, 0.6) is 0 Å². The number of hydrogen-bond acceptors (Lipinski definition) is 4. The first-order chi connectivity index (χ1) is 14.7. The van der Waals surface area contributed by atoms with E-state index in [-0.39, 0.29) is 0 Å². The topological polar surface area (TPSA) is 55.0 Å². The zero-order valence-corrected chi connectivity index (χ0v) is 17.6. The molecule has 1 saturated carbocycles. The molecule has 0 aliphatic heterocycles. The van der Waals surface area contributed by atoms with Crippen LogP contribution < -0.4 is 10.6 Å². The highest BCUT2D eigenvalue weighted by Crippen LogP contribution is 2.34. The predicted octanol–water partition coefficient (Wildman–Crippen LogP) is 5.71. The first-order valence-electron chi connectivity index (χ1n) is 10.6. The Morgan fingerprint density at radius 2 is 1.63 bits per heavy atom. The number of anilines is 1. The van der Waals surface area contributed by atoms with Gasteiger partial charge in [-0.2, -0.15) is 0 Å². The molecule has 152 valence electrons. The van der Waals surface area contributed by atoms with E-state index in [9.17, 15) is 0 Å². The molecule has 5 heteroatoms. The second-order valence-corrected chi connectivity index (χ2v) is 8.61. The lowest BCUT2D eigenvalue weighted by molar-refractivity contribution is 0.375. The summed E-state index contributed by atoms with van der Waals surface area (Å²) in [7, 11) is 0.